The molecule has 1 heterocycles. The number of fused-ring (bicyclic) bond motifs is 1. The van der Waals surface area contributed by atoms with Crippen molar-refractivity contribution in [3.05, 3.63) is 71.3 Å². The van der Waals surface area contributed by atoms with Crippen molar-refractivity contribution < 1.29 is 4.79 Å². The van der Waals surface area contributed by atoms with Crippen molar-refractivity contribution in [2.24, 2.45) is 0 Å². The lowest BCUT2D eigenvalue weighted by Crippen LogP contribution is -2.49. The molecule has 23 heavy (non-hydrogen) atoms. The van der Waals surface area contributed by atoms with Crippen LogP contribution in [0.2, 0.25) is 0 Å². The molecule has 0 radical (unpaired) electrons. The van der Waals surface area contributed by atoms with Crippen LogP contribution in [-0.2, 0) is 24.2 Å². The van der Waals surface area contributed by atoms with E-state index in [0.717, 1.165) is 25.8 Å². The lowest BCUT2D eigenvalue weighted by atomic mass is 9.95. The van der Waals surface area contributed by atoms with Gasteiger partial charge in [0, 0.05) is 12.6 Å². The second-order valence-corrected chi connectivity index (χ2v) is 6.34. The number of benzene rings is 2. The number of carbonyl (C=O) groups excluding carboxylic acids is 1. The third kappa shape index (κ3) is 4.20. The minimum Gasteiger partial charge on any atom is -0.352 e. The number of carbonyl (C=O) groups is 1. The predicted octanol–water partition coefficient (Wildman–Crippen LogP) is 2.84. The number of aryl methyl sites for hydroxylation is 1. The number of hydrogen-bond donors (Lipinski definition) is 2. The zero-order chi connectivity index (χ0) is 16.1. The van der Waals surface area contributed by atoms with E-state index in [1.54, 1.807) is 0 Å². The minimum atomic E-state index is -0.121. The molecule has 2 aromatic carbocycles. The SMILES string of the molecule is C[C@H](CCc1ccccc1)NC(=O)[C@@H]1Cc2ccccc2CN1. The molecule has 0 fully saturated rings. The van der Waals surface area contributed by atoms with Gasteiger partial charge in [-0.15, -0.1) is 0 Å². The van der Waals surface area contributed by atoms with Crippen LogP contribution in [0, 0.1) is 0 Å². The van der Waals surface area contributed by atoms with Crippen molar-refractivity contribution in [3.8, 4) is 0 Å². The molecular formula is C20H24N2O. The summed E-state index contributed by atoms with van der Waals surface area (Å²) in [6, 6.07) is 18.8. The largest absolute Gasteiger partial charge is 0.352 e. The topological polar surface area (TPSA) is 41.1 Å². The third-order valence-corrected chi connectivity index (χ3v) is 4.50. The fourth-order valence-corrected chi connectivity index (χ4v) is 3.08. The highest BCUT2D eigenvalue weighted by molar-refractivity contribution is 5.82. The maximum absolute atomic E-state index is 12.5. The molecule has 120 valence electrons. The van der Waals surface area contributed by atoms with Crippen LogP contribution in [-0.4, -0.2) is 18.0 Å². The first-order chi connectivity index (χ1) is 11.2. The van der Waals surface area contributed by atoms with Crippen LogP contribution in [0.5, 0.6) is 0 Å². The molecule has 2 atom stereocenters. The van der Waals surface area contributed by atoms with Crippen LogP contribution in [0.15, 0.2) is 54.6 Å². The highest BCUT2D eigenvalue weighted by Gasteiger charge is 2.24. The van der Waals surface area contributed by atoms with Gasteiger partial charge in [-0.25, -0.2) is 0 Å². The summed E-state index contributed by atoms with van der Waals surface area (Å²) >= 11 is 0. The summed E-state index contributed by atoms with van der Waals surface area (Å²) in [5, 5.41) is 6.49. The van der Waals surface area contributed by atoms with Crippen LogP contribution >= 0.6 is 0 Å². The normalized spacial score (nSPS) is 18.0. The average Bonchev–Trinajstić information content (AvgIpc) is 2.60. The van der Waals surface area contributed by atoms with Crippen LogP contribution in [0.25, 0.3) is 0 Å². The van der Waals surface area contributed by atoms with Crippen LogP contribution in [0.4, 0.5) is 0 Å². The summed E-state index contributed by atoms with van der Waals surface area (Å²) in [7, 11) is 0. The Hall–Kier alpha value is -2.13. The fraction of sp³-hybridized carbons (Fsp3) is 0.350. The fourth-order valence-electron chi connectivity index (χ4n) is 3.08. The van der Waals surface area contributed by atoms with Gasteiger partial charge >= 0.3 is 0 Å². The van der Waals surface area contributed by atoms with Gasteiger partial charge in [0.25, 0.3) is 0 Å². The molecule has 0 saturated heterocycles. The Balaban J connectivity index is 1.49. The summed E-state index contributed by atoms with van der Waals surface area (Å²) in [4.78, 5) is 12.5. The van der Waals surface area contributed by atoms with E-state index in [-0.39, 0.29) is 18.0 Å². The van der Waals surface area contributed by atoms with E-state index in [1.165, 1.54) is 16.7 Å². The van der Waals surface area contributed by atoms with Crippen molar-refractivity contribution >= 4 is 5.91 Å². The van der Waals surface area contributed by atoms with Crippen molar-refractivity contribution in [1.82, 2.24) is 10.6 Å². The number of rotatable bonds is 5. The van der Waals surface area contributed by atoms with Crippen LogP contribution in [0.3, 0.4) is 0 Å². The molecule has 2 aromatic rings. The van der Waals surface area contributed by atoms with E-state index in [4.69, 9.17) is 0 Å². The Bertz CT molecular complexity index is 654. The highest BCUT2D eigenvalue weighted by Crippen LogP contribution is 2.16. The van der Waals surface area contributed by atoms with E-state index >= 15 is 0 Å². The lowest BCUT2D eigenvalue weighted by molar-refractivity contribution is -0.124. The van der Waals surface area contributed by atoms with Gasteiger partial charge in [0.1, 0.15) is 0 Å². The van der Waals surface area contributed by atoms with Gasteiger partial charge in [0.15, 0.2) is 0 Å². The first-order valence-electron chi connectivity index (χ1n) is 8.37. The van der Waals surface area contributed by atoms with Gasteiger partial charge < -0.3 is 10.6 Å². The number of amides is 1. The van der Waals surface area contributed by atoms with Gasteiger partial charge in [-0.1, -0.05) is 54.6 Å². The van der Waals surface area contributed by atoms with E-state index in [1.807, 2.05) is 18.2 Å². The Morgan fingerprint density at radius 2 is 1.83 bits per heavy atom. The monoisotopic (exact) mass is 308 g/mol. The lowest BCUT2D eigenvalue weighted by Gasteiger charge is -2.26. The van der Waals surface area contributed by atoms with Crippen LogP contribution < -0.4 is 10.6 Å². The number of nitrogens with one attached hydrogen (secondary N) is 2. The van der Waals surface area contributed by atoms with Crippen molar-refractivity contribution in [3.63, 3.8) is 0 Å². The van der Waals surface area contributed by atoms with Crippen molar-refractivity contribution in [2.75, 3.05) is 0 Å². The Morgan fingerprint density at radius 3 is 2.61 bits per heavy atom. The van der Waals surface area contributed by atoms with E-state index < -0.39 is 0 Å². The van der Waals surface area contributed by atoms with Gasteiger partial charge in [-0.2, -0.15) is 0 Å². The molecule has 1 aliphatic heterocycles. The molecule has 3 rings (SSSR count). The molecule has 3 heteroatoms. The first kappa shape index (κ1) is 15.8. The molecule has 1 amide bonds. The molecule has 0 spiro atoms. The van der Waals surface area contributed by atoms with E-state index in [2.05, 4.69) is 54.0 Å². The maximum Gasteiger partial charge on any atom is 0.237 e. The third-order valence-electron chi connectivity index (χ3n) is 4.50. The smallest absolute Gasteiger partial charge is 0.237 e. The first-order valence-corrected chi connectivity index (χ1v) is 8.37. The molecule has 1 aliphatic rings. The standard InChI is InChI=1S/C20H24N2O/c1-15(11-12-16-7-3-2-4-8-16)22-20(23)19-13-17-9-5-6-10-18(17)14-21-19/h2-10,15,19,21H,11-14H2,1H3,(H,22,23)/t15-,19+/m1/s1. The second kappa shape index (κ2) is 7.42. The van der Waals surface area contributed by atoms with Crippen molar-refractivity contribution in [1.29, 1.82) is 0 Å². The van der Waals surface area contributed by atoms with Gasteiger partial charge in [0.05, 0.1) is 6.04 Å². The molecule has 2 N–H and O–H groups in total. The molecule has 3 nitrogen and oxygen atoms in total. The van der Waals surface area contributed by atoms with E-state index in [0.29, 0.717) is 0 Å². The molecule has 0 aliphatic carbocycles. The van der Waals surface area contributed by atoms with Gasteiger partial charge in [-0.05, 0) is 42.9 Å². The summed E-state index contributed by atoms with van der Waals surface area (Å²) in [5.74, 6) is 0.111. The minimum absolute atomic E-state index is 0.111. The average molecular weight is 308 g/mol. The molecule has 0 saturated carbocycles. The quantitative estimate of drug-likeness (QED) is 0.892. The van der Waals surface area contributed by atoms with Gasteiger partial charge in [-0.3, -0.25) is 4.79 Å². The summed E-state index contributed by atoms with van der Waals surface area (Å²) in [6.07, 6.45) is 2.72. The molecule has 0 bridgehead atoms. The number of hydrogen-bond acceptors (Lipinski definition) is 2. The maximum atomic E-state index is 12.5. The summed E-state index contributed by atoms with van der Waals surface area (Å²) in [5.41, 5.74) is 3.90. The molecular weight excluding hydrogens is 284 g/mol. The Labute approximate surface area is 138 Å². The predicted molar refractivity (Wildman–Crippen MR) is 93.1 cm³/mol. The molecule has 0 unspecified atom stereocenters. The Kier molecular flexibility index (Phi) is 5.09. The second-order valence-electron chi connectivity index (χ2n) is 6.34. The van der Waals surface area contributed by atoms with E-state index in [9.17, 15) is 4.79 Å². The summed E-state index contributed by atoms with van der Waals surface area (Å²) < 4.78 is 0. The van der Waals surface area contributed by atoms with Gasteiger partial charge in [0.2, 0.25) is 5.91 Å². The summed E-state index contributed by atoms with van der Waals surface area (Å²) in [6.45, 7) is 2.85. The zero-order valence-electron chi connectivity index (χ0n) is 13.6. The van der Waals surface area contributed by atoms with Crippen LogP contribution in [0.1, 0.15) is 30.0 Å². The zero-order valence-corrected chi connectivity index (χ0v) is 13.6. The highest BCUT2D eigenvalue weighted by atomic mass is 16.2. The Morgan fingerprint density at radius 1 is 1.13 bits per heavy atom. The molecule has 0 aromatic heterocycles. The van der Waals surface area contributed by atoms with Crippen molar-refractivity contribution in [2.45, 2.75) is 44.8 Å².